The largest absolute Gasteiger partial charge is 0.295 e. The van der Waals surface area contributed by atoms with E-state index >= 15 is 0 Å². The van der Waals surface area contributed by atoms with Gasteiger partial charge in [0.15, 0.2) is 0 Å². The van der Waals surface area contributed by atoms with E-state index in [0.29, 0.717) is 5.92 Å². The molecule has 18 heavy (non-hydrogen) atoms. The first-order chi connectivity index (χ1) is 8.43. The molecule has 0 amide bonds. The van der Waals surface area contributed by atoms with Crippen molar-refractivity contribution in [2.24, 2.45) is 0 Å². The van der Waals surface area contributed by atoms with Gasteiger partial charge in [-0.15, -0.1) is 39.7 Å². The van der Waals surface area contributed by atoms with Crippen molar-refractivity contribution in [2.75, 3.05) is 13.1 Å². The van der Waals surface area contributed by atoms with E-state index in [-0.39, 0.29) is 17.0 Å². The van der Waals surface area contributed by atoms with Gasteiger partial charge in [-0.2, -0.15) is 0 Å². The first-order valence-electron chi connectivity index (χ1n) is 6.28. The van der Waals surface area contributed by atoms with Crippen LogP contribution in [-0.4, -0.2) is 18.0 Å². The second kappa shape index (κ2) is 5.08. The van der Waals surface area contributed by atoms with Gasteiger partial charge in [-0.05, 0) is 47.8 Å². The lowest BCUT2D eigenvalue weighted by atomic mass is 9.92. The topological polar surface area (TPSA) is 3.24 Å². The lowest BCUT2D eigenvalue weighted by molar-refractivity contribution is 0.233. The molecule has 2 atom stereocenters. The minimum absolute atomic E-state index is 0. The van der Waals surface area contributed by atoms with Gasteiger partial charge in [0.2, 0.25) is 0 Å². The van der Waals surface area contributed by atoms with Crippen LogP contribution < -0.4 is 0 Å². The van der Waals surface area contributed by atoms with Gasteiger partial charge in [0.05, 0.1) is 0 Å². The Morgan fingerprint density at radius 2 is 2.11 bits per heavy atom. The summed E-state index contributed by atoms with van der Waals surface area (Å²) in [6, 6.07) is 7.58. The number of fused-ring (bicyclic) bond motifs is 3. The van der Waals surface area contributed by atoms with Gasteiger partial charge in [0, 0.05) is 28.3 Å². The van der Waals surface area contributed by atoms with Crippen molar-refractivity contribution in [1.29, 1.82) is 0 Å². The summed E-state index contributed by atoms with van der Waals surface area (Å²) < 4.78 is 0. The highest BCUT2D eigenvalue weighted by molar-refractivity contribution is 8.93. The van der Waals surface area contributed by atoms with Crippen LogP contribution in [0.3, 0.4) is 0 Å². The van der Waals surface area contributed by atoms with E-state index in [1.165, 1.54) is 25.9 Å². The van der Waals surface area contributed by atoms with Gasteiger partial charge in [0.25, 0.3) is 0 Å². The Bertz CT molecular complexity index is 520. The molecule has 4 heteroatoms. The molecule has 0 bridgehead atoms. The predicted octanol–water partition coefficient (Wildman–Crippen LogP) is 4.67. The van der Waals surface area contributed by atoms with Crippen molar-refractivity contribution < 1.29 is 0 Å². The highest BCUT2D eigenvalue weighted by Gasteiger charge is 2.37. The Balaban J connectivity index is 0.000001000. The molecule has 96 valence electrons. The predicted molar refractivity (Wildman–Crippen MR) is 84.4 cm³/mol. The Kier molecular flexibility index (Phi) is 3.63. The fraction of sp³-hybridized carbons (Fsp3) is 0.429. The Labute approximate surface area is 126 Å². The van der Waals surface area contributed by atoms with Crippen LogP contribution >= 0.6 is 39.7 Å². The molecule has 2 aliphatic heterocycles. The molecule has 2 aliphatic rings. The van der Waals surface area contributed by atoms with E-state index in [2.05, 4.69) is 33.9 Å². The van der Waals surface area contributed by atoms with Gasteiger partial charge in [0.1, 0.15) is 0 Å². The Morgan fingerprint density at radius 3 is 2.94 bits per heavy atom. The van der Waals surface area contributed by atoms with Crippen molar-refractivity contribution in [3.63, 3.8) is 0 Å². The van der Waals surface area contributed by atoms with Gasteiger partial charge < -0.3 is 0 Å². The average Bonchev–Trinajstić information content (AvgIpc) is 3.09. The zero-order valence-electron chi connectivity index (χ0n) is 10.0. The number of nitrogens with zero attached hydrogens (tertiary/aromatic N) is 1. The Hall–Kier alpha value is -0.160. The maximum Gasteiger partial charge on any atom is 0.0408 e. The summed E-state index contributed by atoms with van der Waals surface area (Å²) in [4.78, 5) is 5.87. The van der Waals surface area contributed by atoms with Crippen LogP contribution in [0, 0.1) is 0 Å². The zero-order valence-corrected chi connectivity index (χ0v) is 13.4. The molecule has 1 saturated heterocycles. The third-order valence-corrected chi connectivity index (χ3v) is 6.10. The van der Waals surface area contributed by atoms with Crippen molar-refractivity contribution in [3.05, 3.63) is 44.3 Å². The maximum atomic E-state index is 2.69. The summed E-state index contributed by atoms with van der Waals surface area (Å²) in [5.41, 5.74) is 1.62. The molecule has 4 heterocycles. The number of hydrogen-bond acceptors (Lipinski definition) is 3. The molecule has 2 unspecified atom stereocenters. The van der Waals surface area contributed by atoms with E-state index in [1.807, 2.05) is 22.7 Å². The first-order valence-corrected chi connectivity index (χ1v) is 8.04. The summed E-state index contributed by atoms with van der Waals surface area (Å²) >= 11 is 3.87. The second-order valence-corrected chi connectivity index (χ2v) is 6.89. The van der Waals surface area contributed by atoms with E-state index in [0.717, 1.165) is 6.04 Å². The molecule has 1 nitrogen and oxygen atoms in total. The van der Waals surface area contributed by atoms with E-state index in [9.17, 15) is 0 Å². The van der Waals surface area contributed by atoms with Crippen LogP contribution in [0.25, 0.3) is 0 Å². The SMILES string of the molecule is Br.c1csc(C2CN3CCCC3c3ccsc32)c1. The summed E-state index contributed by atoms with van der Waals surface area (Å²) in [6.07, 6.45) is 2.73. The molecule has 0 radical (unpaired) electrons. The molecule has 0 aliphatic carbocycles. The lowest BCUT2D eigenvalue weighted by Gasteiger charge is -2.34. The highest BCUT2D eigenvalue weighted by atomic mass is 79.9. The molecule has 0 N–H and O–H groups in total. The molecule has 0 spiro atoms. The van der Waals surface area contributed by atoms with Gasteiger partial charge >= 0.3 is 0 Å². The fourth-order valence-electron chi connectivity index (χ4n) is 3.31. The molecule has 2 aromatic heterocycles. The van der Waals surface area contributed by atoms with E-state index < -0.39 is 0 Å². The zero-order chi connectivity index (χ0) is 11.2. The lowest BCUT2D eigenvalue weighted by Crippen LogP contribution is -2.33. The summed E-state index contributed by atoms with van der Waals surface area (Å²) in [5, 5.41) is 4.49. The normalized spacial score (nSPS) is 26.4. The van der Waals surface area contributed by atoms with E-state index in [1.54, 1.807) is 15.3 Å². The van der Waals surface area contributed by atoms with Crippen LogP contribution in [0.2, 0.25) is 0 Å². The Morgan fingerprint density at radius 1 is 1.17 bits per heavy atom. The molecule has 1 fully saturated rings. The third-order valence-electron chi connectivity index (χ3n) is 4.07. The smallest absolute Gasteiger partial charge is 0.0408 e. The second-order valence-electron chi connectivity index (χ2n) is 4.96. The monoisotopic (exact) mass is 341 g/mol. The minimum Gasteiger partial charge on any atom is -0.295 e. The maximum absolute atomic E-state index is 2.69. The van der Waals surface area contributed by atoms with Crippen LogP contribution in [0.5, 0.6) is 0 Å². The van der Waals surface area contributed by atoms with Crippen LogP contribution in [0.4, 0.5) is 0 Å². The number of hydrogen-bond donors (Lipinski definition) is 0. The molecule has 4 rings (SSSR count). The standard InChI is InChI=1S/C14H15NS2.BrH/c1-3-12-10-5-8-17-14(10)11(9-15(12)6-1)13-4-2-7-16-13;/h2,4-5,7-8,11-12H,1,3,6,9H2;1H. The van der Waals surface area contributed by atoms with Gasteiger partial charge in [-0.3, -0.25) is 4.90 Å². The molecule has 0 aromatic carbocycles. The van der Waals surface area contributed by atoms with Crippen molar-refractivity contribution in [1.82, 2.24) is 4.90 Å². The molecule has 0 saturated carbocycles. The molecular formula is C14H16BrNS2. The van der Waals surface area contributed by atoms with Crippen LogP contribution in [-0.2, 0) is 0 Å². The minimum atomic E-state index is 0. The van der Waals surface area contributed by atoms with Crippen molar-refractivity contribution >= 4 is 39.7 Å². The summed E-state index contributed by atoms with van der Waals surface area (Å²) in [7, 11) is 0. The molecule has 2 aromatic rings. The number of halogens is 1. The van der Waals surface area contributed by atoms with Crippen molar-refractivity contribution in [2.45, 2.75) is 24.8 Å². The molecular weight excluding hydrogens is 326 g/mol. The van der Waals surface area contributed by atoms with E-state index in [4.69, 9.17) is 0 Å². The quantitative estimate of drug-likeness (QED) is 0.728. The van der Waals surface area contributed by atoms with Crippen molar-refractivity contribution in [3.8, 4) is 0 Å². The summed E-state index contributed by atoms with van der Waals surface area (Å²) in [6.45, 7) is 2.53. The number of thiophene rings is 2. The van der Waals surface area contributed by atoms with Crippen LogP contribution in [0.15, 0.2) is 29.0 Å². The van der Waals surface area contributed by atoms with Gasteiger partial charge in [-0.1, -0.05) is 6.07 Å². The summed E-state index contributed by atoms with van der Waals surface area (Å²) in [5.74, 6) is 0.638. The first kappa shape index (κ1) is 12.9. The fourth-order valence-corrected chi connectivity index (χ4v) is 5.28. The van der Waals surface area contributed by atoms with Crippen LogP contribution in [0.1, 0.15) is 40.1 Å². The van der Waals surface area contributed by atoms with Gasteiger partial charge in [-0.25, -0.2) is 0 Å². The third kappa shape index (κ3) is 1.90. The average molecular weight is 342 g/mol. The number of rotatable bonds is 1. The highest BCUT2D eigenvalue weighted by Crippen LogP contribution is 2.47.